The van der Waals surface area contributed by atoms with Gasteiger partial charge in [-0.3, -0.25) is 9.59 Å². The van der Waals surface area contributed by atoms with Gasteiger partial charge in [-0.25, -0.2) is 0 Å². The molecule has 0 aromatic heterocycles. The zero-order valence-electron chi connectivity index (χ0n) is 11.2. The quantitative estimate of drug-likeness (QED) is 0.824. The SMILES string of the molecule is CCCC(=O)Nc1ccc(CC(=O)NC2CC2)cc1. The summed E-state index contributed by atoms with van der Waals surface area (Å²) in [5, 5.41) is 5.78. The maximum Gasteiger partial charge on any atom is 0.224 e. The number of hydrogen-bond donors (Lipinski definition) is 2. The molecule has 1 fully saturated rings. The van der Waals surface area contributed by atoms with E-state index in [1.54, 1.807) is 0 Å². The molecule has 0 spiro atoms. The molecule has 1 aromatic rings. The first-order valence-electron chi connectivity index (χ1n) is 6.85. The van der Waals surface area contributed by atoms with Crippen LogP contribution < -0.4 is 10.6 Å². The molecule has 4 nitrogen and oxygen atoms in total. The van der Waals surface area contributed by atoms with Crippen LogP contribution in [0.1, 0.15) is 38.2 Å². The van der Waals surface area contributed by atoms with E-state index in [1.807, 2.05) is 31.2 Å². The van der Waals surface area contributed by atoms with Gasteiger partial charge in [0.05, 0.1) is 6.42 Å². The molecule has 0 radical (unpaired) electrons. The van der Waals surface area contributed by atoms with Crippen LogP contribution in [0.4, 0.5) is 5.69 Å². The Morgan fingerprint density at radius 1 is 1.16 bits per heavy atom. The van der Waals surface area contributed by atoms with Crippen molar-refractivity contribution in [1.82, 2.24) is 5.32 Å². The van der Waals surface area contributed by atoms with Crippen molar-refractivity contribution < 1.29 is 9.59 Å². The molecule has 0 saturated heterocycles. The van der Waals surface area contributed by atoms with Crippen LogP contribution >= 0.6 is 0 Å². The monoisotopic (exact) mass is 260 g/mol. The third kappa shape index (κ3) is 4.73. The van der Waals surface area contributed by atoms with E-state index < -0.39 is 0 Å². The zero-order chi connectivity index (χ0) is 13.7. The molecule has 1 aromatic carbocycles. The molecule has 2 rings (SSSR count). The Hall–Kier alpha value is -1.84. The first-order valence-corrected chi connectivity index (χ1v) is 6.85. The van der Waals surface area contributed by atoms with E-state index in [-0.39, 0.29) is 11.8 Å². The van der Waals surface area contributed by atoms with Crippen LogP contribution in [0.25, 0.3) is 0 Å². The molecule has 4 heteroatoms. The summed E-state index contributed by atoms with van der Waals surface area (Å²) in [6.45, 7) is 1.97. The first kappa shape index (κ1) is 13.6. The number of amides is 2. The average Bonchev–Trinajstić information content (AvgIpc) is 3.16. The summed E-state index contributed by atoms with van der Waals surface area (Å²) in [5.74, 6) is 0.104. The van der Waals surface area contributed by atoms with E-state index in [0.29, 0.717) is 18.9 Å². The van der Waals surface area contributed by atoms with Crippen molar-refractivity contribution in [3.63, 3.8) is 0 Å². The summed E-state index contributed by atoms with van der Waals surface area (Å²) < 4.78 is 0. The third-order valence-electron chi connectivity index (χ3n) is 3.02. The van der Waals surface area contributed by atoms with E-state index >= 15 is 0 Å². The van der Waals surface area contributed by atoms with Crippen LogP contribution in [-0.4, -0.2) is 17.9 Å². The molecule has 0 atom stereocenters. The van der Waals surface area contributed by atoms with Gasteiger partial charge in [-0.2, -0.15) is 0 Å². The normalized spacial score (nSPS) is 13.9. The van der Waals surface area contributed by atoms with E-state index in [0.717, 1.165) is 30.5 Å². The first-order chi connectivity index (χ1) is 9.17. The molecule has 1 aliphatic carbocycles. The largest absolute Gasteiger partial charge is 0.353 e. The standard InChI is InChI=1S/C15H20N2O2/c1-2-3-14(18)16-12-6-4-11(5-7-12)10-15(19)17-13-8-9-13/h4-7,13H,2-3,8-10H2,1H3,(H,16,18)(H,17,19). The number of carbonyl (C=O) groups is 2. The van der Waals surface area contributed by atoms with Crippen LogP contribution in [0.5, 0.6) is 0 Å². The second-order valence-corrected chi connectivity index (χ2v) is 5.01. The minimum absolute atomic E-state index is 0.0294. The number of hydrogen-bond acceptors (Lipinski definition) is 2. The summed E-state index contributed by atoms with van der Waals surface area (Å²) in [5.41, 5.74) is 1.75. The van der Waals surface area contributed by atoms with Gasteiger partial charge in [0.15, 0.2) is 0 Å². The van der Waals surface area contributed by atoms with Gasteiger partial charge in [0.1, 0.15) is 0 Å². The van der Waals surface area contributed by atoms with Crippen LogP contribution in [-0.2, 0) is 16.0 Å². The molecular formula is C15H20N2O2. The van der Waals surface area contributed by atoms with E-state index in [4.69, 9.17) is 0 Å². The van der Waals surface area contributed by atoms with Crippen LogP contribution in [0, 0.1) is 0 Å². The second kappa shape index (κ2) is 6.36. The van der Waals surface area contributed by atoms with Crippen LogP contribution in [0.3, 0.4) is 0 Å². The Balaban J connectivity index is 1.83. The highest BCUT2D eigenvalue weighted by Gasteiger charge is 2.22. The van der Waals surface area contributed by atoms with Gasteiger partial charge in [0.2, 0.25) is 11.8 Å². The fourth-order valence-electron chi connectivity index (χ4n) is 1.85. The number of nitrogens with one attached hydrogen (secondary N) is 2. The number of rotatable bonds is 6. The summed E-state index contributed by atoms with van der Waals surface area (Å²) in [4.78, 5) is 23.1. The number of carbonyl (C=O) groups excluding carboxylic acids is 2. The van der Waals surface area contributed by atoms with E-state index in [9.17, 15) is 9.59 Å². The summed E-state index contributed by atoms with van der Waals surface area (Å²) in [6.07, 6.45) is 3.98. The molecule has 0 bridgehead atoms. The van der Waals surface area contributed by atoms with Gasteiger partial charge in [-0.1, -0.05) is 19.1 Å². The van der Waals surface area contributed by atoms with Gasteiger partial charge in [0, 0.05) is 18.2 Å². The molecule has 19 heavy (non-hydrogen) atoms. The summed E-state index contributed by atoms with van der Waals surface area (Å²) >= 11 is 0. The molecule has 2 N–H and O–H groups in total. The zero-order valence-corrected chi connectivity index (χ0v) is 11.2. The second-order valence-electron chi connectivity index (χ2n) is 5.01. The Labute approximate surface area is 113 Å². The summed E-state index contributed by atoms with van der Waals surface area (Å²) in [7, 11) is 0. The molecular weight excluding hydrogens is 240 g/mol. The van der Waals surface area contributed by atoms with Gasteiger partial charge in [-0.15, -0.1) is 0 Å². The van der Waals surface area contributed by atoms with Crippen molar-refractivity contribution in [3.05, 3.63) is 29.8 Å². The Morgan fingerprint density at radius 2 is 1.84 bits per heavy atom. The van der Waals surface area contributed by atoms with Crippen molar-refractivity contribution in [1.29, 1.82) is 0 Å². The fourth-order valence-corrected chi connectivity index (χ4v) is 1.85. The van der Waals surface area contributed by atoms with E-state index in [1.165, 1.54) is 0 Å². The Kier molecular flexibility index (Phi) is 4.55. The fraction of sp³-hybridized carbons (Fsp3) is 0.467. The highest BCUT2D eigenvalue weighted by Crippen LogP contribution is 2.19. The van der Waals surface area contributed by atoms with Gasteiger partial charge < -0.3 is 10.6 Å². The molecule has 1 aliphatic rings. The maximum absolute atomic E-state index is 11.6. The van der Waals surface area contributed by atoms with Gasteiger partial charge in [0.25, 0.3) is 0 Å². The minimum atomic E-state index is 0.0294. The molecule has 0 heterocycles. The number of anilines is 1. The van der Waals surface area contributed by atoms with Gasteiger partial charge in [-0.05, 0) is 37.0 Å². The van der Waals surface area contributed by atoms with Crippen molar-refractivity contribution in [3.8, 4) is 0 Å². The third-order valence-corrected chi connectivity index (χ3v) is 3.02. The lowest BCUT2D eigenvalue weighted by Gasteiger charge is -2.06. The topological polar surface area (TPSA) is 58.2 Å². The van der Waals surface area contributed by atoms with Gasteiger partial charge >= 0.3 is 0 Å². The van der Waals surface area contributed by atoms with Crippen LogP contribution in [0.15, 0.2) is 24.3 Å². The molecule has 1 saturated carbocycles. The van der Waals surface area contributed by atoms with Crippen molar-refractivity contribution in [2.45, 2.75) is 45.1 Å². The minimum Gasteiger partial charge on any atom is -0.353 e. The Morgan fingerprint density at radius 3 is 2.42 bits per heavy atom. The van der Waals surface area contributed by atoms with Crippen molar-refractivity contribution >= 4 is 17.5 Å². The lowest BCUT2D eigenvalue weighted by Crippen LogP contribution is -2.26. The molecule has 2 amide bonds. The highest BCUT2D eigenvalue weighted by molar-refractivity contribution is 5.90. The predicted molar refractivity (Wildman–Crippen MR) is 74.8 cm³/mol. The van der Waals surface area contributed by atoms with Crippen molar-refractivity contribution in [2.24, 2.45) is 0 Å². The molecule has 102 valence electrons. The molecule has 0 unspecified atom stereocenters. The smallest absolute Gasteiger partial charge is 0.224 e. The Bertz CT molecular complexity index is 450. The summed E-state index contributed by atoms with van der Waals surface area (Å²) in [6, 6.07) is 7.85. The average molecular weight is 260 g/mol. The van der Waals surface area contributed by atoms with Crippen molar-refractivity contribution in [2.75, 3.05) is 5.32 Å². The predicted octanol–water partition coefficient (Wildman–Crippen LogP) is 2.25. The van der Waals surface area contributed by atoms with E-state index in [2.05, 4.69) is 10.6 Å². The molecule has 0 aliphatic heterocycles. The lowest BCUT2D eigenvalue weighted by molar-refractivity contribution is -0.120. The highest BCUT2D eigenvalue weighted by atomic mass is 16.2. The van der Waals surface area contributed by atoms with Crippen LogP contribution in [0.2, 0.25) is 0 Å². The lowest BCUT2D eigenvalue weighted by atomic mass is 10.1. The number of benzene rings is 1. The maximum atomic E-state index is 11.6.